The molecule has 2 rings (SSSR count). The first-order valence-corrected chi connectivity index (χ1v) is 5.92. The van der Waals surface area contributed by atoms with Crippen molar-refractivity contribution in [2.75, 3.05) is 27.3 Å². The zero-order valence-corrected chi connectivity index (χ0v) is 10.3. The molecule has 1 fully saturated rings. The van der Waals surface area contributed by atoms with Gasteiger partial charge in [-0.05, 0) is 43.0 Å². The largest absolute Gasteiger partial charge is 0.504 e. The number of hydrogen-bond acceptors (Lipinski definition) is 4. The number of phenolic OH excluding ortho intramolecular Hbond substituents is 1. The van der Waals surface area contributed by atoms with E-state index in [1.54, 1.807) is 13.2 Å². The predicted octanol–water partition coefficient (Wildman–Crippen LogP) is 1.88. The summed E-state index contributed by atoms with van der Waals surface area (Å²) in [5, 5.41) is 13.3. The van der Waals surface area contributed by atoms with Gasteiger partial charge in [0.1, 0.15) is 0 Å². The Balaban J connectivity index is 2.31. The summed E-state index contributed by atoms with van der Waals surface area (Å²) in [6.45, 7) is 2.03. The van der Waals surface area contributed by atoms with Crippen molar-refractivity contribution in [3.8, 4) is 17.2 Å². The normalized spacial score (nSPS) is 20.0. The molecular weight excluding hydrogens is 218 g/mol. The Labute approximate surface area is 102 Å². The van der Waals surface area contributed by atoms with Crippen LogP contribution in [0.4, 0.5) is 0 Å². The topological polar surface area (TPSA) is 50.7 Å². The molecule has 0 radical (unpaired) electrons. The summed E-state index contributed by atoms with van der Waals surface area (Å²) in [7, 11) is 3.11. The maximum absolute atomic E-state index is 9.91. The highest BCUT2D eigenvalue weighted by Gasteiger charge is 2.19. The average molecular weight is 237 g/mol. The van der Waals surface area contributed by atoms with Crippen LogP contribution in [0.3, 0.4) is 0 Å². The second-order valence-electron chi connectivity index (χ2n) is 4.32. The second kappa shape index (κ2) is 5.27. The van der Waals surface area contributed by atoms with Gasteiger partial charge in [0.2, 0.25) is 5.75 Å². The van der Waals surface area contributed by atoms with E-state index in [4.69, 9.17) is 9.47 Å². The molecule has 0 amide bonds. The summed E-state index contributed by atoms with van der Waals surface area (Å²) >= 11 is 0. The molecule has 1 aliphatic heterocycles. The minimum atomic E-state index is 0.146. The van der Waals surface area contributed by atoms with Gasteiger partial charge in [0, 0.05) is 6.54 Å². The Kier molecular flexibility index (Phi) is 3.74. The number of hydrogen-bond donors (Lipinski definition) is 2. The third-order valence-corrected chi connectivity index (χ3v) is 3.25. The molecular formula is C13H19NO3. The maximum Gasteiger partial charge on any atom is 0.203 e. The zero-order valence-electron chi connectivity index (χ0n) is 10.3. The fourth-order valence-corrected chi connectivity index (χ4v) is 2.34. The zero-order chi connectivity index (χ0) is 12.3. The Morgan fingerprint density at radius 3 is 2.71 bits per heavy atom. The first kappa shape index (κ1) is 12.0. The average Bonchev–Trinajstić information content (AvgIpc) is 2.38. The van der Waals surface area contributed by atoms with Gasteiger partial charge in [-0.1, -0.05) is 0 Å². The highest BCUT2D eigenvalue weighted by atomic mass is 16.5. The molecule has 0 bridgehead atoms. The highest BCUT2D eigenvalue weighted by Crippen LogP contribution is 2.40. The van der Waals surface area contributed by atoms with E-state index in [1.807, 2.05) is 6.07 Å². The van der Waals surface area contributed by atoms with Gasteiger partial charge in [-0.15, -0.1) is 0 Å². The molecule has 2 N–H and O–H groups in total. The quantitative estimate of drug-likeness (QED) is 0.842. The van der Waals surface area contributed by atoms with Gasteiger partial charge >= 0.3 is 0 Å². The van der Waals surface area contributed by atoms with Gasteiger partial charge in [-0.2, -0.15) is 0 Å². The van der Waals surface area contributed by atoms with Crippen molar-refractivity contribution in [3.05, 3.63) is 17.7 Å². The Bertz CT molecular complexity index is 386. The lowest BCUT2D eigenvalue weighted by Crippen LogP contribution is -2.28. The summed E-state index contributed by atoms with van der Waals surface area (Å²) in [4.78, 5) is 0. The molecule has 1 saturated heterocycles. The molecule has 94 valence electrons. The first-order valence-electron chi connectivity index (χ1n) is 5.92. The van der Waals surface area contributed by atoms with Gasteiger partial charge in [-0.25, -0.2) is 0 Å². The lowest BCUT2D eigenvalue weighted by Gasteiger charge is -2.24. The van der Waals surface area contributed by atoms with E-state index in [-0.39, 0.29) is 5.75 Å². The number of rotatable bonds is 3. The summed E-state index contributed by atoms with van der Waals surface area (Å²) in [5.74, 6) is 1.58. The van der Waals surface area contributed by atoms with Crippen molar-refractivity contribution in [2.45, 2.75) is 18.8 Å². The second-order valence-corrected chi connectivity index (χ2v) is 4.32. The highest BCUT2D eigenvalue weighted by molar-refractivity contribution is 5.53. The molecule has 1 atom stereocenters. The number of piperidine rings is 1. The van der Waals surface area contributed by atoms with Crippen LogP contribution in [-0.4, -0.2) is 32.4 Å². The SMILES string of the molecule is COc1cc(C2CCCNC2)cc(O)c1OC. The summed E-state index contributed by atoms with van der Waals surface area (Å²) < 4.78 is 10.4. The lowest BCUT2D eigenvalue weighted by atomic mass is 9.91. The summed E-state index contributed by atoms with van der Waals surface area (Å²) in [5.41, 5.74) is 1.10. The van der Waals surface area contributed by atoms with Gasteiger partial charge < -0.3 is 19.9 Å². The Hall–Kier alpha value is -1.42. The molecule has 1 heterocycles. The minimum Gasteiger partial charge on any atom is -0.504 e. The number of phenols is 1. The lowest BCUT2D eigenvalue weighted by molar-refractivity contribution is 0.331. The van der Waals surface area contributed by atoms with Crippen LogP contribution >= 0.6 is 0 Å². The van der Waals surface area contributed by atoms with E-state index in [0.29, 0.717) is 17.4 Å². The van der Waals surface area contributed by atoms with E-state index in [1.165, 1.54) is 13.5 Å². The van der Waals surface area contributed by atoms with Gasteiger partial charge in [0.15, 0.2) is 11.5 Å². The van der Waals surface area contributed by atoms with Crippen LogP contribution in [0.1, 0.15) is 24.3 Å². The fourth-order valence-electron chi connectivity index (χ4n) is 2.34. The van der Waals surface area contributed by atoms with Crippen LogP contribution < -0.4 is 14.8 Å². The molecule has 0 aromatic heterocycles. The van der Waals surface area contributed by atoms with Crippen molar-refractivity contribution in [1.82, 2.24) is 5.32 Å². The maximum atomic E-state index is 9.91. The van der Waals surface area contributed by atoms with E-state index in [2.05, 4.69) is 5.32 Å². The Morgan fingerprint density at radius 2 is 2.12 bits per heavy atom. The Morgan fingerprint density at radius 1 is 1.29 bits per heavy atom. The molecule has 1 unspecified atom stereocenters. The smallest absolute Gasteiger partial charge is 0.203 e. The van der Waals surface area contributed by atoms with Crippen LogP contribution in [-0.2, 0) is 0 Å². The van der Waals surface area contributed by atoms with Gasteiger partial charge in [0.25, 0.3) is 0 Å². The third kappa shape index (κ3) is 2.47. The van der Waals surface area contributed by atoms with E-state index in [9.17, 15) is 5.11 Å². The van der Waals surface area contributed by atoms with Gasteiger partial charge in [0.05, 0.1) is 14.2 Å². The summed E-state index contributed by atoms with van der Waals surface area (Å²) in [6.07, 6.45) is 2.31. The van der Waals surface area contributed by atoms with Crippen LogP contribution in [0, 0.1) is 0 Å². The van der Waals surface area contributed by atoms with E-state index >= 15 is 0 Å². The van der Waals surface area contributed by atoms with Crippen LogP contribution in [0.15, 0.2) is 12.1 Å². The van der Waals surface area contributed by atoms with Crippen molar-refractivity contribution in [1.29, 1.82) is 0 Å². The predicted molar refractivity (Wildman–Crippen MR) is 66.1 cm³/mol. The molecule has 4 heteroatoms. The summed E-state index contributed by atoms with van der Waals surface area (Å²) in [6, 6.07) is 3.73. The van der Waals surface area contributed by atoms with Crippen molar-refractivity contribution in [2.24, 2.45) is 0 Å². The molecule has 0 saturated carbocycles. The molecule has 0 spiro atoms. The van der Waals surface area contributed by atoms with Crippen LogP contribution in [0.2, 0.25) is 0 Å². The van der Waals surface area contributed by atoms with Crippen molar-refractivity contribution in [3.63, 3.8) is 0 Å². The fraction of sp³-hybridized carbons (Fsp3) is 0.538. The molecule has 4 nitrogen and oxygen atoms in total. The molecule has 1 aromatic carbocycles. The van der Waals surface area contributed by atoms with Crippen LogP contribution in [0.25, 0.3) is 0 Å². The third-order valence-electron chi connectivity index (χ3n) is 3.25. The number of ether oxygens (including phenoxy) is 2. The number of nitrogens with one attached hydrogen (secondary N) is 1. The van der Waals surface area contributed by atoms with Crippen molar-refractivity contribution < 1.29 is 14.6 Å². The van der Waals surface area contributed by atoms with Gasteiger partial charge in [-0.3, -0.25) is 0 Å². The van der Waals surface area contributed by atoms with Crippen molar-refractivity contribution >= 4 is 0 Å². The monoisotopic (exact) mass is 237 g/mol. The number of aromatic hydroxyl groups is 1. The molecule has 0 aliphatic carbocycles. The molecule has 1 aromatic rings. The minimum absolute atomic E-state index is 0.146. The van der Waals surface area contributed by atoms with Crippen LogP contribution in [0.5, 0.6) is 17.2 Å². The number of benzene rings is 1. The van der Waals surface area contributed by atoms with E-state index in [0.717, 1.165) is 25.1 Å². The standard InChI is InChI=1S/C13H19NO3/c1-16-12-7-10(6-11(15)13(12)17-2)9-4-3-5-14-8-9/h6-7,9,14-15H,3-5,8H2,1-2H3. The molecule has 17 heavy (non-hydrogen) atoms. The number of methoxy groups -OCH3 is 2. The van der Waals surface area contributed by atoms with E-state index < -0.39 is 0 Å². The molecule has 1 aliphatic rings. The first-order chi connectivity index (χ1) is 8.26.